The summed E-state index contributed by atoms with van der Waals surface area (Å²) in [6.45, 7) is 4.51. The minimum absolute atomic E-state index is 0.0394. The van der Waals surface area contributed by atoms with Crippen LogP contribution in [0.3, 0.4) is 0 Å². The van der Waals surface area contributed by atoms with E-state index in [2.05, 4.69) is 16.9 Å². The van der Waals surface area contributed by atoms with Gasteiger partial charge in [0.25, 0.3) is 0 Å². The molecule has 0 N–H and O–H groups in total. The molecule has 0 unspecified atom stereocenters. The van der Waals surface area contributed by atoms with E-state index in [1.165, 1.54) is 4.90 Å². The summed E-state index contributed by atoms with van der Waals surface area (Å²) in [5, 5.41) is 0. The lowest BCUT2D eigenvalue weighted by Gasteiger charge is -2.23. The average molecular weight is 395 g/mol. The summed E-state index contributed by atoms with van der Waals surface area (Å²) in [4.78, 5) is 9.25. The molecule has 2 rings (SSSR count). The molecular weight excluding hydrogens is 367 g/mol. The number of hydrogen-bond acceptors (Lipinski definition) is 4. The van der Waals surface area contributed by atoms with Crippen molar-refractivity contribution in [2.45, 2.75) is 58.5 Å². The number of halogens is 3. The van der Waals surface area contributed by atoms with Crippen LogP contribution in [0.2, 0.25) is 0 Å². The van der Waals surface area contributed by atoms with Crippen LogP contribution >= 0.6 is 0 Å². The molecule has 154 valence electrons. The van der Waals surface area contributed by atoms with E-state index in [0.29, 0.717) is 12.3 Å². The van der Waals surface area contributed by atoms with Crippen molar-refractivity contribution in [2.75, 3.05) is 18.6 Å². The smallest absolute Gasteiger partial charge is 0.421 e. The third-order valence-electron chi connectivity index (χ3n) is 4.47. The second-order valence-electron chi connectivity index (χ2n) is 6.78. The molecule has 1 heterocycles. The minimum Gasteiger partial charge on any atom is -0.463 e. The van der Waals surface area contributed by atoms with Crippen molar-refractivity contribution in [1.82, 2.24) is 9.97 Å². The van der Waals surface area contributed by atoms with Gasteiger partial charge in [0.1, 0.15) is 5.56 Å². The SMILES string of the molecule is CCCCCc1cccc(N(C)c2nc(OCCCC)ncc2C(F)(F)F)c1. The normalized spacial score (nSPS) is 11.5. The average Bonchev–Trinajstić information content (AvgIpc) is 2.67. The summed E-state index contributed by atoms with van der Waals surface area (Å²) in [5.74, 6) is -0.209. The van der Waals surface area contributed by atoms with Crippen LogP contribution in [0.4, 0.5) is 24.7 Å². The first kappa shape index (κ1) is 22.0. The molecule has 1 aromatic heterocycles. The molecule has 0 aliphatic heterocycles. The van der Waals surface area contributed by atoms with Crippen LogP contribution in [0.1, 0.15) is 57.1 Å². The molecule has 0 saturated carbocycles. The van der Waals surface area contributed by atoms with Crippen molar-refractivity contribution in [2.24, 2.45) is 0 Å². The lowest BCUT2D eigenvalue weighted by Crippen LogP contribution is -2.19. The highest BCUT2D eigenvalue weighted by Gasteiger charge is 2.36. The van der Waals surface area contributed by atoms with E-state index in [1.54, 1.807) is 13.1 Å². The Morgan fingerprint density at radius 2 is 1.82 bits per heavy atom. The second kappa shape index (κ2) is 10.3. The van der Waals surface area contributed by atoms with E-state index in [0.717, 1.165) is 50.3 Å². The van der Waals surface area contributed by atoms with E-state index in [4.69, 9.17) is 4.74 Å². The van der Waals surface area contributed by atoms with E-state index in [1.807, 2.05) is 25.1 Å². The number of alkyl halides is 3. The highest BCUT2D eigenvalue weighted by atomic mass is 19.4. The Morgan fingerprint density at radius 1 is 1.07 bits per heavy atom. The summed E-state index contributed by atoms with van der Waals surface area (Å²) < 4.78 is 45.9. The van der Waals surface area contributed by atoms with E-state index in [-0.39, 0.29) is 11.8 Å². The minimum atomic E-state index is -4.55. The van der Waals surface area contributed by atoms with Gasteiger partial charge in [0.15, 0.2) is 5.82 Å². The zero-order valence-corrected chi connectivity index (χ0v) is 16.7. The Labute approximate surface area is 164 Å². The summed E-state index contributed by atoms with van der Waals surface area (Å²) >= 11 is 0. The van der Waals surface area contributed by atoms with Gasteiger partial charge < -0.3 is 9.64 Å². The van der Waals surface area contributed by atoms with E-state index < -0.39 is 11.7 Å². The van der Waals surface area contributed by atoms with Gasteiger partial charge in [-0.15, -0.1) is 0 Å². The first-order valence-electron chi connectivity index (χ1n) is 9.76. The van der Waals surface area contributed by atoms with E-state index in [9.17, 15) is 13.2 Å². The fraction of sp³-hybridized carbons (Fsp3) is 0.524. The first-order valence-corrected chi connectivity index (χ1v) is 9.76. The Balaban J connectivity index is 2.32. The van der Waals surface area contributed by atoms with E-state index >= 15 is 0 Å². The largest absolute Gasteiger partial charge is 0.463 e. The lowest BCUT2D eigenvalue weighted by molar-refractivity contribution is -0.137. The van der Waals surface area contributed by atoms with Crippen LogP contribution in [0.15, 0.2) is 30.5 Å². The number of aryl methyl sites for hydroxylation is 1. The highest BCUT2D eigenvalue weighted by Crippen LogP contribution is 2.37. The fourth-order valence-corrected chi connectivity index (χ4v) is 2.81. The first-order chi connectivity index (χ1) is 13.4. The predicted molar refractivity (Wildman–Crippen MR) is 105 cm³/mol. The molecule has 0 aliphatic carbocycles. The quantitative estimate of drug-likeness (QED) is 0.451. The molecule has 0 fully saturated rings. The van der Waals surface area contributed by atoms with Crippen LogP contribution in [0.25, 0.3) is 0 Å². The highest BCUT2D eigenvalue weighted by molar-refractivity contribution is 5.63. The molecule has 4 nitrogen and oxygen atoms in total. The summed E-state index contributed by atoms with van der Waals surface area (Å²) in [5.41, 5.74) is 0.867. The third-order valence-corrected chi connectivity index (χ3v) is 4.47. The maximum absolute atomic E-state index is 13.5. The van der Waals surface area contributed by atoms with Crippen molar-refractivity contribution in [3.63, 3.8) is 0 Å². The maximum Gasteiger partial charge on any atom is 0.421 e. The zero-order valence-electron chi connectivity index (χ0n) is 16.7. The van der Waals surface area contributed by atoms with Crippen molar-refractivity contribution in [1.29, 1.82) is 0 Å². The standard InChI is InChI=1S/C21H28F3N3O/c1-4-6-8-10-16-11-9-12-17(14-16)27(3)19-18(21(22,23)24)15-25-20(26-19)28-13-7-5-2/h9,11-12,14-15H,4-8,10,13H2,1-3H3. The third kappa shape index (κ3) is 6.11. The fourth-order valence-electron chi connectivity index (χ4n) is 2.81. The number of rotatable bonds is 10. The molecule has 2 aromatic rings. The van der Waals surface area contributed by atoms with Gasteiger partial charge in [-0.05, 0) is 37.0 Å². The van der Waals surface area contributed by atoms with Crippen molar-refractivity contribution in [3.8, 4) is 6.01 Å². The molecular formula is C21H28F3N3O. The van der Waals surface area contributed by atoms with Gasteiger partial charge in [-0.25, -0.2) is 4.98 Å². The number of aromatic nitrogens is 2. The van der Waals surface area contributed by atoms with Crippen LogP contribution in [0, 0.1) is 0 Å². The number of benzene rings is 1. The number of ether oxygens (including phenoxy) is 1. The number of anilines is 2. The molecule has 0 bridgehead atoms. The number of hydrogen-bond donors (Lipinski definition) is 0. The molecule has 0 spiro atoms. The van der Waals surface area contributed by atoms with Crippen LogP contribution in [-0.2, 0) is 12.6 Å². The van der Waals surface area contributed by atoms with Gasteiger partial charge >= 0.3 is 12.2 Å². The topological polar surface area (TPSA) is 38.2 Å². The lowest BCUT2D eigenvalue weighted by atomic mass is 10.1. The van der Waals surface area contributed by atoms with Crippen LogP contribution in [0.5, 0.6) is 6.01 Å². The van der Waals surface area contributed by atoms with Crippen LogP contribution < -0.4 is 9.64 Å². The summed E-state index contributed by atoms with van der Waals surface area (Å²) in [7, 11) is 1.58. The van der Waals surface area contributed by atoms with Gasteiger partial charge in [-0.3, -0.25) is 0 Å². The Kier molecular flexibility index (Phi) is 8.08. The summed E-state index contributed by atoms with van der Waals surface area (Å²) in [6.07, 6.45) is 2.15. The molecule has 7 heteroatoms. The molecule has 0 radical (unpaired) electrons. The summed E-state index contributed by atoms with van der Waals surface area (Å²) in [6, 6.07) is 7.51. The Morgan fingerprint density at radius 3 is 2.50 bits per heavy atom. The molecule has 0 aliphatic rings. The Hall–Kier alpha value is -2.31. The molecule has 0 amide bonds. The van der Waals surface area contributed by atoms with Crippen molar-refractivity contribution in [3.05, 3.63) is 41.6 Å². The molecule has 0 atom stereocenters. The van der Waals surface area contributed by atoms with Gasteiger partial charge in [-0.1, -0.05) is 45.2 Å². The molecule has 28 heavy (non-hydrogen) atoms. The Bertz CT molecular complexity index is 750. The number of nitrogens with zero attached hydrogens (tertiary/aromatic N) is 3. The van der Waals surface area contributed by atoms with Gasteiger partial charge in [0, 0.05) is 18.9 Å². The van der Waals surface area contributed by atoms with Crippen LogP contribution in [-0.4, -0.2) is 23.6 Å². The maximum atomic E-state index is 13.5. The monoisotopic (exact) mass is 395 g/mol. The van der Waals surface area contributed by atoms with Gasteiger partial charge in [0.2, 0.25) is 0 Å². The second-order valence-corrected chi connectivity index (χ2v) is 6.78. The zero-order chi connectivity index (χ0) is 20.6. The van der Waals surface area contributed by atoms with Gasteiger partial charge in [0.05, 0.1) is 6.61 Å². The van der Waals surface area contributed by atoms with Gasteiger partial charge in [-0.2, -0.15) is 18.2 Å². The van der Waals surface area contributed by atoms with Crippen molar-refractivity contribution < 1.29 is 17.9 Å². The molecule has 0 saturated heterocycles. The predicted octanol–water partition coefficient (Wildman–Crippen LogP) is 6.17. The van der Waals surface area contributed by atoms with Crippen molar-refractivity contribution >= 4 is 11.5 Å². The number of unbranched alkanes of at least 4 members (excludes halogenated alkanes) is 3. The molecule has 1 aromatic carbocycles.